The zero-order valence-electron chi connectivity index (χ0n) is 8.26. The summed E-state index contributed by atoms with van der Waals surface area (Å²) >= 11 is 3.38. The maximum Gasteiger partial charge on any atom is 0.106 e. The fourth-order valence-corrected chi connectivity index (χ4v) is 2.20. The van der Waals surface area contributed by atoms with Crippen LogP contribution in [-0.4, -0.2) is 31.2 Å². The lowest BCUT2D eigenvalue weighted by Crippen LogP contribution is -2.43. The molecular formula is C10H14BrN3. The number of aryl methyl sites for hydroxylation is 1. The van der Waals surface area contributed by atoms with Gasteiger partial charge in [0, 0.05) is 26.2 Å². The lowest BCUT2D eigenvalue weighted by atomic mass is 10.2. The third-order valence-electron chi connectivity index (χ3n) is 2.51. The Bertz CT molecular complexity index is 321. The number of nitrogens with zero attached hydrogens (tertiary/aromatic N) is 2. The van der Waals surface area contributed by atoms with Crippen LogP contribution in [0.3, 0.4) is 0 Å². The number of nitrogens with one attached hydrogen (secondary N) is 1. The van der Waals surface area contributed by atoms with Gasteiger partial charge in [0.15, 0.2) is 0 Å². The average molecular weight is 256 g/mol. The van der Waals surface area contributed by atoms with Crippen molar-refractivity contribution in [2.45, 2.75) is 6.92 Å². The van der Waals surface area contributed by atoms with Crippen LogP contribution >= 0.6 is 15.9 Å². The summed E-state index contributed by atoms with van der Waals surface area (Å²) in [7, 11) is 0. The molecule has 3 nitrogen and oxygen atoms in total. The van der Waals surface area contributed by atoms with Gasteiger partial charge in [-0.25, -0.2) is 4.98 Å². The van der Waals surface area contributed by atoms with Gasteiger partial charge in [-0.15, -0.1) is 0 Å². The topological polar surface area (TPSA) is 28.2 Å². The summed E-state index contributed by atoms with van der Waals surface area (Å²) < 4.78 is 0.911. The molecule has 1 aromatic heterocycles. The minimum Gasteiger partial charge on any atom is -0.368 e. The van der Waals surface area contributed by atoms with Gasteiger partial charge >= 0.3 is 0 Å². The number of hydrogen-bond donors (Lipinski definition) is 1. The number of anilines is 1. The summed E-state index contributed by atoms with van der Waals surface area (Å²) in [5.41, 5.74) is 2.54. The van der Waals surface area contributed by atoms with Crippen LogP contribution in [0.5, 0.6) is 0 Å². The highest BCUT2D eigenvalue weighted by Gasteiger charge is 2.12. The van der Waals surface area contributed by atoms with E-state index in [1.54, 1.807) is 0 Å². The summed E-state index contributed by atoms with van der Waals surface area (Å²) in [6, 6.07) is 2.07. The summed E-state index contributed by atoms with van der Waals surface area (Å²) in [6.07, 6.45) is 1.95. The molecule has 2 heterocycles. The highest BCUT2D eigenvalue weighted by atomic mass is 79.9. The Labute approximate surface area is 92.6 Å². The third kappa shape index (κ3) is 2.07. The summed E-state index contributed by atoms with van der Waals surface area (Å²) in [6.45, 7) is 6.41. The minimum atomic E-state index is 0.911. The Morgan fingerprint density at radius 3 is 2.79 bits per heavy atom. The number of hydrogen-bond acceptors (Lipinski definition) is 3. The Morgan fingerprint density at radius 2 is 2.14 bits per heavy atom. The van der Waals surface area contributed by atoms with Crippen molar-refractivity contribution in [3.8, 4) is 0 Å². The number of pyridine rings is 1. The predicted molar refractivity (Wildman–Crippen MR) is 61.8 cm³/mol. The van der Waals surface area contributed by atoms with Gasteiger partial charge in [-0.1, -0.05) is 0 Å². The smallest absolute Gasteiger partial charge is 0.106 e. The normalized spacial score (nSPS) is 17.1. The van der Waals surface area contributed by atoms with E-state index in [9.17, 15) is 0 Å². The van der Waals surface area contributed by atoms with E-state index in [1.165, 1.54) is 11.3 Å². The molecule has 1 aliphatic rings. The van der Waals surface area contributed by atoms with E-state index in [0.717, 1.165) is 30.8 Å². The van der Waals surface area contributed by atoms with Crippen molar-refractivity contribution in [3.63, 3.8) is 0 Å². The van der Waals surface area contributed by atoms with E-state index in [0.29, 0.717) is 0 Å². The quantitative estimate of drug-likeness (QED) is 0.773. The first-order valence-corrected chi connectivity index (χ1v) is 5.64. The zero-order valence-corrected chi connectivity index (χ0v) is 9.84. The molecule has 14 heavy (non-hydrogen) atoms. The maximum atomic E-state index is 4.27. The molecule has 0 atom stereocenters. The van der Waals surface area contributed by atoms with E-state index in [-0.39, 0.29) is 0 Å². The van der Waals surface area contributed by atoms with Gasteiger partial charge in [-0.2, -0.15) is 0 Å². The van der Waals surface area contributed by atoms with Gasteiger partial charge in [0.2, 0.25) is 0 Å². The molecule has 2 rings (SSSR count). The highest BCUT2D eigenvalue weighted by molar-refractivity contribution is 9.10. The van der Waals surface area contributed by atoms with Crippen molar-refractivity contribution in [1.29, 1.82) is 0 Å². The molecule has 0 spiro atoms. The van der Waals surface area contributed by atoms with Crippen LogP contribution in [0.15, 0.2) is 16.9 Å². The van der Waals surface area contributed by atoms with Crippen molar-refractivity contribution < 1.29 is 0 Å². The van der Waals surface area contributed by atoms with Crippen LogP contribution in [0.25, 0.3) is 0 Å². The molecule has 0 aliphatic carbocycles. The van der Waals surface area contributed by atoms with Crippen LogP contribution in [0.4, 0.5) is 5.69 Å². The van der Waals surface area contributed by atoms with Gasteiger partial charge in [-0.05, 0) is 34.5 Å². The molecule has 0 unspecified atom stereocenters. The molecule has 1 fully saturated rings. The molecule has 4 heteroatoms. The van der Waals surface area contributed by atoms with Crippen LogP contribution in [0.1, 0.15) is 5.56 Å². The number of halogens is 1. The standard InChI is InChI=1S/C10H14BrN3/c1-8-6-10(11)13-7-9(8)14-4-2-12-3-5-14/h6-7,12H,2-5H2,1H3. The second-order valence-electron chi connectivity index (χ2n) is 3.53. The molecule has 0 radical (unpaired) electrons. The summed E-state index contributed by atoms with van der Waals surface area (Å²) in [4.78, 5) is 6.65. The number of aromatic nitrogens is 1. The molecule has 76 valence electrons. The van der Waals surface area contributed by atoms with Crippen molar-refractivity contribution in [1.82, 2.24) is 10.3 Å². The van der Waals surface area contributed by atoms with Crippen molar-refractivity contribution in [2.24, 2.45) is 0 Å². The largest absolute Gasteiger partial charge is 0.368 e. The minimum absolute atomic E-state index is 0.911. The Hall–Kier alpha value is -0.610. The first-order chi connectivity index (χ1) is 6.77. The molecule has 1 aromatic rings. The molecule has 1 N–H and O–H groups in total. The fraction of sp³-hybridized carbons (Fsp3) is 0.500. The van der Waals surface area contributed by atoms with Gasteiger partial charge in [0.1, 0.15) is 4.60 Å². The summed E-state index contributed by atoms with van der Waals surface area (Å²) in [5.74, 6) is 0. The Kier molecular flexibility index (Phi) is 3.03. The SMILES string of the molecule is Cc1cc(Br)ncc1N1CCNCC1. The third-order valence-corrected chi connectivity index (χ3v) is 2.94. The van der Waals surface area contributed by atoms with E-state index in [4.69, 9.17) is 0 Å². The van der Waals surface area contributed by atoms with E-state index in [1.807, 2.05) is 6.20 Å². The molecule has 1 saturated heterocycles. The van der Waals surface area contributed by atoms with Crippen LogP contribution in [-0.2, 0) is 0 Å². The van der Waals surface area contributed by atoms with E-state index < -0.39 is 0 Å². The molecular weight excluding hydrogens is 242 g/mol. The second-order valence-corrected chi connectivity index (χ2v) is 4.34. The summed E-state index contributed by atoms with van der Waals surface area (Å²) in [5, 5.41) is 3.34. The van der Waals surface area contributed by atoms with Crippen LogP contribution in [0, 0.1) is 6.92 Å². The predicted octanol–water partition coefficient (Wildman–Crippen LogP) is 1.56. The van der Waals surface area contributed by atoms with Gasteiger partial charge in [0.25, 0.3) is 0 Å². The van der Waals surface area contributed by atoms with Crippen molar-refractivity contribution in [3.05, 3.63) is 22.4 Å². The van der Waals surface area contributed by atoms with Crippen LogP contribution < -0.4 is 10.2 Å². The number of piperazine rings is 1. The molecule has 0 bridgehead atoms. The Balaban J connectivity index is 2.22. The zero-order chi connectivity index (χ0) is 9.97. The van der Waals surface area contributed by atoms with Crippen molar-refractivity contribution in [2.75, 3.05) is 31.1 Å². The molecule has 0 saturated carbocycles. The van der Waals surface area contributed by atoms with E-state index in [2.05, 4.69) is 44.1 Å². The highest BCUT2D eigenvalue weighted by Crippen LogP contribution is 2.21. The maximum absolute atomic E-state index is 4.27. The van der Waals surface area contributed by atoms with Crippen LogP contribution in [0.2, 0.25) is 0 Å². The van der Waals surface area contributed by atoms with Gasteiger partial charge in [-0.3, -0.25) is 0 Å². The fourth-order valence-electron chi connectivity index (χ4n) is 1.75. The van der Waals surface area contributed by atoms with Crippen molar-refractivity contribution >= 4 is 21.6 Å². The monoisotopic (exact) mass is 255 g/mol. The molecule has 0 amide bonds. The first-order valence-electron chi connectivity index (χ1n) is 4.85. The second kappa shape index (κ2) is 4.28. The lowest BCUT2D eigenvalue weighted by Gasteiger charge is -2.30. The average Bonchev–Trinajstić information content (AvgIpc) is 2.19. The van der Waals surface area contributed by atoms with Gasteiger partial charge < -0.3 is 10.2 Å². The molecule has 0 aromatic carbocycles. The van der Waals surface area contributed by atoms with Gasteiger partial charge in [0.05, 0.1) is 11.9 Å². The molecule has 1 aliphatic heterocycles. The Morgan fingerprint density at radius 1 is 1.43 bits per heavy atom. The lowest BCUT2D eigenvalue weighted by molar-refractivity contribution is 0.588. The first kappa shape index (κ1) is 9.93. The number of rotatable bonds is 1. The van der Waals surface area contributed by atoms with E-state index >= 15 is 0 Å².